The van der Waals surface area contributed by atoms with Gasteiger partial charge in [0.25, 0.3) is 0 Å². The average molecular weight is 248 g/mol. The molecule has 0 spiro atoms. The Balaban J connectivity index is 1.71. The molecule has 0 radical (unpaired) electrons. The molecule has 2 heteroatoms. The Morgan fingerprint density at radius 2 is 1.84 bits per heavy atom. The van der Waals surface area contributed by atoms with Crippen molar-refractivity contribution in [2.24, 2.45) is 0 Å². The van der Waals surface area contributed by atoms with E-state index in [4.69, 9.17) is 0 Å². The maximum atomic E-state index is 3.62. The minimum Gasteiger partial charge on any atom is -0.348 e. The monoisotopic (exact) mass is 248 g/mol. The van der Waals surface area contributed by atoms with Gasteiger partial charge in [-0.25, -0.2) is 0 Å². The molecule has 1 atom stereocenters. The summed E-state index contributed by atoms with van der Waals surface area (Å²) in [5.41, 5.74) is 2.75. The van der Waals surface area contributed by atoms with Crippen molar-refractivity contribution in [1.29, 1.82) is 0 Å². The van der Waals surface area contributed by atoms with Crippen LogP contribution in [0.5, 0.6) is 0 Å². The summed E-state index contributed by atoms with van der Waals surface area (Å²) in [7, 11) is 0. The number of hydrogen-bond donors (Lipinski definition) is 1. The smallest absolute Gasteiger partial charge is 0.0505 e. The van der Waals surface area contributed by atoms with E-state index in [2.05, 4.69) is 70.7 Å². The highest BCUT2D eigenvalue weighted by Gasteiger charge is 2.18. The lowest BCUT2D eigenvalue weighted by Crippen LogP contribution is -2.31. The highest BCUT2D eigenvalue weighted by molar-refractivity contribution is 5.83. The molecular weight excluding hydrogens is 232 g/mol. The first-order valence-electron chi connectivity index (χ1n) is 6.76. The quantitative estimate of drug-likeness (QED) is 0.697. The van der Waals surface area contributed by atoms with Crippen molar-refractivity contribution in [3.05, 3.63) is 72.1 Å². The predicted molar refractivity (Wildman–Crippen MR) is 78.0 cm³/mol. The standard InChI is InChI=1S/C17H16N2/c1-2-5-14-10-15(8-7-13(14)4-1)17-12-19-9-3-6-16(19)11-18-17/h1-10,17-18H,11-12H2/t17-/m0/s1. The summed E-state index contributed by atoms with van der Waals surface area (Å²) in [6.45, 7) is 1.96. The summed E-state index contributed by atoms with van der Waals surface area (Å²) in [4.78, 5) is 0. The second-order valence-corrected chi connectivity index (χ2v) is 5.19. The van der Waals surface area contributed by atoms with Crippen LogP contribution in [0.1, 0.15) is 17.3 Å². The van der Waals surface area contributed by atoms with Crippen LogP contribution in [0.4, 0.5) is 0 Å². The van der Waals surface area contributed by atoms with E-state index in [1.807, 2.05) is 0 Å². The Morgan fingerprint density at radius 3 is 2.79 bits per heavy atom. The summed E-state index contributed by atoms with van der Waals surface area (Å²) >= 11 is 0. The molecule has 1 N–H and O–H groups in total. The van der Waals surface area contributed by atoms with Crippen LogP contribution in [0.15, 0.2) is 60.8 Å². The number of hydrogen-bond acceptors (Lipinski definition) is 1. The van der Waals surface area contributed by atoms with Crippen LogP contribution in [-0.4, -0.2) is 4.57 Å². The van der Waals surface area contributed by atoms with E-state index in [1.54, 1.807) is 0 Å². The first-order valence-corrected chi connectivity index (χ1v) is 6.76. The molecule has 0 unspecified atom stereocenters. The fraction of sp³-hybridized carbons (Fsp3) is 0.176. The van der Waals surface area contributed by atoms with Gasteiger partial charge in [0.1, 0.15) is 0 Å². The van der Waals surface area contributed by atoms with Gasteiger partial charge in [0.15, 0.2) is 0 Å². The summed E-state index contributed by atoms with van der Waals surface area (Å²) in [5, 5.41) is 6.25. The summed E-state index contributed by atoms with van der Waals surface area (Å²) in [6, 6.07) is 20.0. The lowest BCUT2D eigenvalue weighted by atomic mass is 10.0. The van der Waals surface area contributed by atoms with Crippen LogP contribution in [0, 0.1) is 0 Å². The van der Waals surface area contributed by atoms with E-state index in [0.717, 1.165) is 13.1 Å². The largest absolute Gasteiger partial charge is 0.348 e. The average Bonchev–Trinajstić information content (AvgIpc) is 2.94. The lowest BCUT2D eigenvalue weighted by Gasteiger charge is -2.26. The second kappa shape index (κ2) is 4.25. The zero-order valence-electron chi connectivity index (χ0n) is 10.7. The van der Waals surface area contributed by atoms with Crippen LogP contribution in [0.3, 0.4) is 0 Å². The van der Waals surface area contributed by atoms with Crippen LogP contribution in [-0.2, 0) is 13.1 Å². The number of nitrogens with zero attached hydrogens (tertiary/aromatic N) is 1. The molecule has 94 valence electrons. The van der Waals surface area contributed by atoms with Crippen molar-refractivity contribution in [2.45, 2.75) is 19.1 Å². The molecule has 0 fully saturated rings. The van der Waals surface area contributed by atoms with Gasteiger partial charge in [-0.15, -0.1) is 0 Å². The van der Waals surface area contributed by atoms with Crippen LogP contribution >= 0.6 is 0 Å². The fourth-order valence-electron chi connectivity index (χ4n) is 2.92. The number of aromatic nitrogens is 1. The third kappa shape index (κ3) is 1.85. The van der Waals surface area contributed by atoms with Crippen molar-refractivity contribution in [3.8, 4) is 0 Å². The Labute approximate surface area is 112 Å². The van der Waals surface area contributed by atoms with Gasteiger partial charge >= 0.3 is 0 Å². The Hall–Kier alpha value is -2.06. The first-order chi connectivity index (χ1) is 9.40. The second-order valence-electron chi connectivity index (χ2n) is 5.19. The molecule has 2 heterocycles. The number of benzene rings is 2. The Bertz CT molecular complexity index is 727. The SMILES string of the molecule is c1ccc2cc([C@@H]3Cn4cccc4CN3)ccc2c1. The van der Waals surface area contributed by atoms with Gasteiger partial charge in [-0.3, -0.25) is 0 Å². The zero-order valence-corrected chi connectivity index (χ0v) is 10.7. The molecule has 0 saturated carbocycles. The van der Waals surface area contributed by atoms with E-state index in [9.17, 15) is 0 Å². The van der Waals surface area contributed by atoms with Gasteiger partial charge in [-0.05, 0) is 34.5 Å². The number of rotatable bonds is 1. The van der Waals surface area contributed by atoms with Crippen molar-refractivity contribution in [1.82, 2.24) is 9.88 Å². The molecule has 19 heavy (non-hydrogen) atoms. The van der Waals surface area contributed by atoms with E-state index in [1.165, 1.54) is 22.0 Å². The van der Waals surface area contributed by atoms with Crippen LogP contribution in [0.2, 0.25) is 0 Å². The van der Waals surface area contributed by atoms with Crippen molar-refractivity contribution in [2.75, 3.05) is 0 Å². The van der Waals surface area contributed by atoms with Gasteiger partial charge < -0.3 is 9.88 Å². The highest BCUT2D eigenvalue weighted by atomic mass is 15.1. The van der Waals surface area contributed by atoms with Gasteiger partial charge in [-0.2, -0.15) is 0 Å². The lowest BCUT2D eigenvalue weighted by molar-refractivity contribution is 0.404. The van der Waals surface area contributed by atoms with Gasteiger partial charge in [-0.1, -0.05) is 36.4 Å². The van der Waals surface area contributed by atoms with Crippen molar-refractivity contribution >= 4 is 10.8 Å². The molecule has 4 rings (SSSR count). The summed E-state index contributed by atoms with van der Waals surface area (Å²) in [6.07, 6.45) is 2.17. The minimum atomic E-state index is 0.407. The van der Waals surface area contributed by atoms with E-state index < -0.39 is 0 Å². The topological polar surface area (TPSA) is 17.0 Å². The first kappa shape index (κ1) is 10.8. The van der Waals surface area contributed by atoms with Gasteiger partial charge in [0, 0.05) is 25.0 Å². The van der Waals surface area contributed by atoms with Crippen LogP contribution < -0.4 is 5.32 Å². The Kier molecular flexibility index (Phi) is 2.42. The molecule has 2 nitrogen and oxygen atoms in total. The molecule has 1 aliphatic heterocycles. The highest BCUT2D eigenvalue weighted by Crippen LogP contribution is 2.24. The molecule has 1 aliphatic rings. The molecule has 0 saturated heterocycles. The van der Waals surface area contributed by atoms with Crippen molar-refractivity contribution in [3.63, 3.8) is 0 Å². The van der Waals surface area contributed by atoms with E-state index in [-0.39, 0.29) is 0 Å². The fourth-order valence-corrected chi connectivity index (χ4v) is 2.92. The maximum Gasteiger partial charge on any atom is 0.0505 e. The van der Waals surface area contributed by atoms with Gasteiger partial charge in [0.05, 0.1) is 6.04 Å². The summed E-state index contributed by atoms with van der Waals surface area (Å²) in [5.74, 6) is 0. The van der Waals surface area contributed by atoms with Crippen LogP contribution in [0.25, 0.3) is 10.8 Å². The third-order valence-electron chi connectivity index (χ3n) is 4.01. The number of fused-ring (bicyclic) bond motifs is 2. The third-order valence-corrected chi connectivity index (χ3v) is 4.01. The Morgan fingerprint density at radius 1 is 0.947 bits per heavy atom. The molecule has 0 bridgehead atoms. The molecule has 2 aromatic carbocycles. The normalized spacial score (nSPS) is 18.4. The molecule has 0 amide bonds. The molecular formula is C17H16N2. The van der Waals surface area contributed by atoms with Gasteiger partial charge in [0.2, 0.25) is 0 Å². The molecule has 0 aliphatic carbocycles. The molecule has 1 aromatic heterocycles. The predicted octanol–water partition coefficient (Wildman–Crippen LogP) is 3.49. The number of nitrogens with one attached hydrogen (secondary N) is 1. The van der Waals surface area contributed by atoms with Crippen molar-refractivity contribution < 1.29 is 0 Å². The maximum absolute atomic E-state index is 3.62. The molecule has 3 aromatic rings. The van der Waals surface area contributed by atoms with E-state index >= 15 is 0 Å². The van der Waals surface area contributed by atoms with E-state index in [0.29, 0.717) is 6.04 Å². The zero-order chi connectivity index (χ0) is 12.7. The minimum absolute atomic E-state index is 0.407. The summed E-state index contributed by atoms with van der Waals surface area (Å²) < 4.78 is 2.34.